The lowest BCUT2D eigenvalue weighted by Gasteiger charge is -2.10. The quantitative estimate of drug-likeness (QED) is 0.790. The van der Waals surface area contributed by atoms with Crippen LogP contribution in [-0.2, 0) is 10.0 Å². The molecule has 9 heteroatoms. The lowest BCUT2D eigenvalue weighted by atomic mass is 10.1. The number of nitrogens with zero attached hydrogens (tertiary/aromatic N) is 1. The van der Waals surface area contributed by atoms with Crippen molar-refractivity contribution in [2.45, 2.75) is 18.7 Å². The number of aromatic carboxylic acids is 1. The topological polar surface area (TPSA) is 117 Å². The van der Waals surface area contributed by atoms with Crippen LogP contribution < -0.4 is 4.72 Å². The molecule has 0 aliphatic rings. The molecule has 0 saturated carbocycles. The summed E-state index contributed by atoms with van der Waals surface area (Å²) in [6.45, 7) is 3.25. The van der Waals surface area contributed by atoms with Crippen LogP contribution in [0.3, 0.4) is 0 Å². The molecule has 21 heavy (non-hydrogen) atoms. The smallest absolute Gasteiger partial charge is 0.339 e. The van der Waals surface area contributed by atoms with Crippen molar-refractivity contribution in [1.29, 1.82) is 0 Å². The second-order valence-corrected chi connectivity index (χ2v) is 7.21. The van der Waals surface area contributed by atoms with Crippen LogP contribution in [0, 0.1) is 13.8 Å². The number of anilines is 1. The summed E-state index contributed by atoms with van der Waals surface area (Å²) >= 11 is 1.16. The van der Waals surface area contributed by atoms with E-state index in [2.05, 4.69) is 9.71 Å². The highest BCUT2D eigenvalue weighted by molar-refractivity contribution is 7.93. The Morgan fingerprint density at radius 3 is 2.52 bits per heavy atom. The Hall–Kier alpha value is -2.13. The summed E-state index contributed by atoms with van der Waals surface area (Å²) in [7, 11) is -3.98. The predicted octanol–water partition coefficient (Wildman–Crippen LogP) is 1.96. The molecule has 0 saturated heterocycles. The number of aromatic hydroxyl groups is 1. The van der Waals surface area contributed by atoms with Gasteiger partial charge in [-0.15, -0.1) is 11.3 Å². The molecule has 1 aromatic heterocycles. The van der Waals surface area contributed by atoms with E-state index in [1.165, 1.54) is 13.1 Å². The molecular weight excluding hydrogens is 316 g/mol. The predicted molar refractivity (Wildman–Crippen MR) is 77.5 cm³/mol. The van der Waals surface area contributed by atoms with Crippen molar-refractivity contribution < 1.29 is 23.4 Å². The number of hydrogen-bond acceptors (Lipinski definition) is 6. The van der Waals surface area contributed by atoms with Crippen LogP contribution in [0.5, 0.6) is 5.75 Å². The summed E-state index contributed by atoms with van der Waals surface area (Å²) in [5.74, 6) is -1.89. The third-order valence-electron chi connectivity index (χ3n) is 2.66. The van der Waals surface area contributed by atoms with Crippen molar-refractivity contribution in [3.8, 4) is 5.75 Å². The zero-order valence-corrected chi connectivity index (χ0v) is 12.7. The Labute approximate surface area is 125 Å². The zero-order chi connectivity index (χ0) is 15.8. The van der Waals surface area contributed by atoms with Crippen molar-refractivity contribution in [3.63, 3.8) is 0 Å². The second-order valence-electron chi connectivity index (χ2n) is 4.32. The van der Waals surface area contributed by atoms with Gasteiger partial charge in [0.25, 0.3) is 10.0 Å². The number of hydrogen-bond donors (Lipinski definition) is 3. The normalized spacial score (nSPS) is 11.3. The van der Waals surface area contributed by atoms with Crippen LogP contribution >= 0.6 is 11.3 Å². The number of phenols is 1. The maximum atomic E-state index is 12.3. The summed E-state index contributed by atoms with van der Waals surface area (Å²) in [6.07, 6.45) is 1.52. The Morgan fingerprint density at radius 1 is 1.33 bits per heavy atom. The van der Waals surface area contributed by atoms with Crippen molar-refractivity contribution in [2.75, 3.05) is 4.72 Å². The number of thiazole rings is 1. The molecule has 3 N–H and O–H groups in total. The van der Waals surface area contributed by atoms with Crippen LogP contribution in [0.4, 0.5) is 5.13 Å². The van der Waals surface area contributed by atoms with Gasteiger partial charge in [-0.25, -0.2) is 18.2 Å². The van der Waals surface area contributed by atoms with Gasteiger partial charge in [-0.1, -0.05) is 0 Å². The van der Waals surface area contributed by atoms with Gasteiger partial charge in [-0.2, -0.15) is 0 Å². The third kappa shape index (κ3) is 3.14. The average Bonchev–Trinajstić information content (AvgIpc) is 2.72. The van der Waals surface area contributed by atoms with Gasteiger partial charge in [-0.3, -0.25) is 4.72 Å². The third-order valence-corrected chi connectivity index (χ3v) is 5.09. The Balaban J connectivity index is 2.49. The fourth-order valence-corrected chi connectivity index (χ4v) is 3.87. The second kappa shape index (κ2) is 5.34. The molecule has 0 bridgehead atoms. The molecule has 0 aliphatic carbocycles. The maximum absolute atomic E-state index is 12.3. The molecule has 2 aromatic rings. The first kappa shape index (κ1) is 15.3. The number of aromatic nitrogens is 1. The van der Waals surface area contributed by atoms with Crippen LogP contribution in [0.2, 0.25) is 0 Å². The van der Waals surface area contributed by atoms with E-state index in [1.54, 1.807) is 6.92 Å². The van der Waals surface area contributed by atoms with Gasteiger partial charge in [0, 0.05) is 11.1 Å². The van der Waals surface area contributed by atoms with E-state index in [4.69, 9.17) is 5.11 Å². The number of nitrogens with one attached hydrogen (secondary N) is 1. The molecule has 0 atom stereocenters. The molecular formula is C12H12N2O5S2. The molecule has 0 unspecified atom stereocenters. The number of benzene rings is 1. The first-order valence-electron chi connectivity index (χ1n) is 5.73. The van der Waals surface area contributed by atoms with Crippen molar-refractivity contribution in [2.24, 2.45) is 0 Å². The summed E-state index contributed by atoms with van der Waals surface area (Å²) in [4.78, 5) is 15.5. The largest absolute Gasteiger partial charge is 0.507 e. The molecule has 0 spiro atoms. The number of carboxylic acid groups (broad SMARTS) is 1. The van der Waals surface area contributed by atoms with E-state index in [0.29, 0.717) is 0 Å². The molecule has 112 valence electrons. The fourth-order valence-electron chi connectivity index (χ4n) is 1.71. The van der Waals surface area contributed by atoms with E-state index in [-0.39, 0.29) is 15.6 Å². The summed E-state index contributed by atoms with van der Waals surface area (Å²) in [5, 5.41) is 18.7. The molecule has 0 amide bonds. The molecule has 1 aromatic carbocycles. The van der Waals surface area contributed by atoms with Crippen LogP contribution in [0.25, 0.3) is 0 Å². The standard InChI is InChI=1S/C12H12N2O5S2/c1-6-3-9(15)8(11(16)17)4-10(6)21(18,19)14-12-13-5-7(2)20-12/h3-5,15H,1-2H3,(H,13,14)(H,16,17). The fraction of sp³-hybridized carbons (Fsp3) is 0.167. The molecule has 2 rings (SSSR count). The first-order valence-corrected chi connectivity index (χ1v) is 8.03. The molecule has 0 aliphatic heterocycles. The van der Waals surface area contributed by atoms with Crippen molar-refractivity contribution in [1.82, 2.24) is 4.98 Å². The van der Waals surface area contributed by atoms with E-state index in [1.807, 2.05) is 0 Å². The first-order chi connectivity index (χ1) is 9.70. The lowest BCUT2D eigenvalue weighted by molar-refractivity contribution is 0.0693. The van der Waals surface area contributed by atoms with Crippen molar-refractivity contribution >= 4 is 32.5 Å². The SMILES string of the molecule is Cc1cnc(NS(=O)(=O)c2cc(C(=O)O)c(O)cc2C)s1. The number of carbonyl (C=O) groups is 1. The van der Waals surface area contributed by atoms with Gasteiger partial charge in [0.1, 0.15) is 11.3 Å². The van der Waals surface area contributed by atoms with Gasteiger partial charge in [0.15, 0.2) is 5.13 Å². The van der Waals surface area contributed by atoms with E-state index >= 15 is 0 Å². The van der Waals surface area contributed by atoms with Gasteiger partial charge >= 0.3 is 5.97 Å². The van der Waals surface area contributed by atoms with Crippen LogP contribution in [0.15, 0.2) is 23.2 Å². The number of sulfonamides is 1. The van der Waals surface area contributed by atoms with Gasteiger partial charge in [-0.05, 0) is 31.5 Å². The van der Waals surface area contributed by atoms with Gasteiger partial charge in [0.2, 0.25) is 0 Å². The Kier molecular flexibility index (Phi) is 3.88. The van der Waals surface area contributed by atoms with E-state index in [0.717, 1.165) is 28.3 Å². The van der Waals surface area contributed by atoms with Gasteiger partial charge < -0.3 is 10.2 Å². The number of rotatable bonds is 4. The van der Waals surface area contributed by atoms with E-state index < -0.39 is 27.3 Å². The monoisotopic (exact) mass is 328 g/mol. The summed E-state index contributed by atoms with van der Waals surface area (Å²) in [5.41, 5.74) is -0.241. The highest BCUT2D eigenvalue weighted by atomic mass is 32.2. The minimum absolute atomic E-state index is 0.192. The zero-order valence-electron chi connectivity index (χ0n) is 11.1. The summed E-state index contributed by atoms with van der Waals surface area (Å²) < 4.78 is 26.9. The van der Waals surface area contributed by atoms with E-state index in [9.17, 15) is 18.3 Å². The Morgan fingerprint density at radius 2 is 2.00 bits per heavy atom. The highest BCUT2D eigenvalue weighted by Crippen LogP contribution is 2.28. The number of aryl methyl sites for hydroxylation is 2. The molecule has 0 radical (unpaired) electrons. The molecule has 7 nitrogen and oxygen atoms in total. The minimum atomic E-state index is -3.98. The Bertz CT molecular complexity index is 811. The molecule has 1 heterocycles. The van der Waals surface area contributed by atoms with Crippen LogP contribution in [-0.4, -0.2) is 29.6 Å². The highest BCUT2D eigenvalue weighted by Gasteiger charge is 2.22. The van der Waals surface area contributed by atoms with Gasteiger partial charge in [0.05, 0.1) is 4.90 Å². The van der Waals surface area contributed by atoms with Crippen molar-refractivity contribution in [3.05, 3.63) is 34.3 Å². The maximum Gasteiger partial charge on any atom is 0.339 e. The summed E-state index contributed by atoms with van der Waals surface area (Å²) in [6, 6.07) is 2.03. The van der Waals surface area contributed by atoms with Crippen LogP contribution in [0.1, 0.15) is 20.8 Å². The average molecular weight is 328 g/mol. The number of carboxylic acids is 1. The minimum Gasteiger partial charge on any atom is -0.507 e. The lowest BCUT2D eigenvalue weighted by Crippen LogP contribution is -2.15. The molecule has 0 fully saturated rings.